The van der Waals surface area contributed by atoms with Gasteiger partial charge in [0.05, 0.1) is 13.0 Å². The lowest BCUT2D eigenvalue weighted by Crippen LogP contribution is -2.39. The van der Waals surface area contributed by atoms with Crippen LogP contribution in [0.4, 0.5) is 0 Å². The van der Waals surface area contributed by atoms with Crippen molar-refractivity contribution in [3.63, 3.8) is 0 Å². The molecule has 1 amide bonds. The number of nitrogens with zero attached hydrogens (tertiary/aromatic N) is 3. The standard InChI is InChI=1S/C22H25N3O5/c1-14-6-7-16-15(13-21(27)29-18(16)11-14)12-20(26)25-9-4-3-5-17(25)22-23-19(24-30-22)8-10-28-2/h6-7,11,13,17H,3-5,8-10,12H2,1-2H3. The van der Waals surface area contributed by atoms with Crippen molar-refractivity contribution in [1.29, 1.82) is 0 Å². The molecular formula is C22H25N3O5. The number of hydrogen-bond donors (Lipinski definition) is 0. The second kappa shape index (κ2) is 8.79. The molecule has 8 nitrogen and oxygen atoms in total. The summed E-state index contributed by atoms with van der Waals surface area (Å²) in [6.45, 7) is 3.06. The highest BCUT2D eigenvalue weighted by atomic mass is 16.5. The van der Waals surface area contributed by atoms with E-state index in [1.165, 1.54) is 6.07 Å². The van der Waals surface area contributed by atoms with Gasteiger partial charge in [-0.1, -0.05) is 17.3 Å². The molecule has 3 aromatic rings. The molecule has 4 rings (SSSR count). The molecule has 1 unspecified atom stereocenters. The molecule has 0 N–H and O–H groups in total. The van der Waals surface area contributed by atoms with Gasteiger partial charge in [0.2, 0.25) is 11.8 Å². The fourth-order valence-corrected chi connectivity index (χ4v) is 3.93. The number of aromatic nitrogens is 2. The van der Waals surface area contributed by atoms with Gasteiger partial charge in [0.25, 0.3) is 0 Å². The molecule has 1 aromatic carbocycles. The molecule has 0 spiro atoms. The molecule has 1 atom stereocenters. The molecule has 1 aliphatic rings. The van der Waals surface area contributed by atoms with E-state index in [2.05, 4.69) is 10.1 Å². The van der Waals surface area contributed by atoms with Crippen LogP contribution in [0, 0.1) is 6.92 Å². The third-order valence-corrected chi connectivity index (χ3v) is 5.45. The molecule has 0 bridgehead atoms. The van der Waals surface area contributed by atoms with Crippen LogP contribution in [0.3, 0.4) is 0 Å². The van der Waals surface area contributed by atoms with Crippen molar-refractivity contribution >= 4 is 16.9 Å². The van der Waals surface area contributed by atoms with E-state index in [-0.39, 0.29) is 18.4 Å². The Kier molecular flexibility index (Phi) is 5.94. The summed E-state index contributed by atoms with van der Waals surface area (Å²) >= 11 is 0. The van der Waals surface area contributed by atoms with Crippen molar-refractivity contribution in [2.45, 2.75) is 45.1 Å². The van der Waals surface area contributed by atoms with Gasteiger partial charge in [0.15, 0.2) is 5.82 Å². The number of carbonyl (C=O) groups is 1. The Balaban J connectivity index is 1.58. The molecule has 30 heavy (non-hydrogen) atoms. The third kappa shape index (κ3) is 4.28. The second-order valence-electron chi connectivity index (χ2n) is 7.66. The van der Waals surface area contributed by atoms with Crippen LogP contribution in [0.1, 0.15) is 48.1 Å². The minimum atomic E-state index is -0.453. The number of aryl methyl sites for hydroxylation is 1. The first-order chi connectivity index (χ1) is 14.5. The number of rotatable bonds is 6. The number of hydrogen-bond acceptors (Lipinski definition) is 7. The predicted molar refractivity (Wildman–Crippen MR) is 109 cm³/mol. The van der Waals surface area contributed by atoms with Gasteiger partial charge in [-0.25, -0.2) is 4.79 Å². The van der Waals surface area contributed by atoms with Crippen molar-refractivity contribution in [2.75, 3.05) is 20.3 Å². The number of benzene rings is 1. The topological polar surface area (TPSA) is 98.7 Å². The number of likely N-dealkylation sites (tertiary alicyclic amines) is 1. The lowest BCUT2D eigenvalue weighted by atomic mass is 9.99. The second-order valence-corrected chi connectivity index (χ2v) is 7.66. The summed E-state index contributed by atoms with van der Waals surface area (Å²) in [6, 6.07) is 6.81. The Morgan fingerprint density at radius 3 is 3.00 bits per heavy atom. The van der Waals surface area contributed by atoms with E-state index in [1.54, 1.807) is 12.0 Å². The summed E-state index contributed by atoms with van der Waals surface area (Å²) < 4.78 is 15.8. The third-order valence-electron chi connectivity index (χ3n) is 5.45. The number of ether oxygens (including phenoxy) is 1. The van der Waals surface area contributed by atoms with Gasteiger partial charge in [-0.2, -0.15) is 4.98 Å². The summed E-state index contributed by atoms with van der Waals surface area (Å²) in [5.41, 5.74) is 1.71. The predicted octanol–water partition coefficient (Wildman–Crippen LogP) is 2.97. The first-order valence-electron chi connectivity index (χ1n) is 10.2. The summed E-state index contributed by atoms with van der Waals surface area (Å²) in [5.74, 6) is 0.970. The normalized spacial score (nSPS) is 16.9. The van der Waals surface area contributed by atoms with Gasteiger partial charge in [-0.15, -0.1) is 0 Å². The molecule has 2 aromatic heterocycles. The molecule has 3 heterocycles. The van der Waals surface area contributed by atoms with Crippen molar-refractivity contribution < 1.29 is 18.5 Å². The quantitative estimate of drug-likeness (QED) is 0.575. The average molecular weight is 411 g/mol. The lowest BCUT2D eigenvalue weighted by molar-refractivity contribution is -0.135. The molecule has 0 saturated carbocycles. The molecule has 0 radical (unpaired) electrons. The zero-order chi connectivity index (χ0) is 21.1. The molecule has 1 aliphatic heterocycles. The Labute approximate surface area is 173 Å². The van der Waals surface area contributed by atoms with Crippen molar-refractivity contribution in [1.82, 2.24) is 15.0 Å². The van der Waals surface area contributed by atoms with E-state index in [0.717, 1.165) is 30.2 Å². The average Bonchev–Trinajstić information content (AvgIpc) is 3.20. The summed E-state index contributed by atoms with van der Waals surface area (Å²) in [6.07, 6.45) is 3.36. The molecule has 1 fully saturated rings. The summed E-state index contributed by atoms with van der Waals surface area (Å²) in [7, 11) is 1.62. The smallest absolute Gasteiger partial charge is 0.336 e. The molecule has 0 aliphatic carbocycles. The zero-order valence-electron chi connectivity index (χ0n) is 17.2. The van der Waals surface area contributed by atoms with Crippen molar-refractivity contribution in [2.24, 2.45) is 0 Å². The van der Waals surface area contributed by atoms with Gasteiger partial charge >= 0.3 is 5.63 Å². The van der Waals surface area contributed by atoms with E-state index >= 15 is 0 Å². The van der Waals surface area contributed by atoms with Gasteiger partial charge < -0.3 is 18.6 Å². The van der Waals surface area contributed by atoms with Crippen LogP contribution >= 0.6 is 0 Å². The first-order valence-corrected chi connectivity index (χ1v) is 10.2. The molecule has 1 saturated heterocycles. The molecule has 158 valence electrons. The van der Waals surface area contributed by atoms with E-state index in [1.807, 2.05) is 25.1 Å². The van der Waals surface area contributed by atoms with Crippen LogP contribution in [0.15, 0.2) is 38.0 Å². The summed E-state index contributed by atoms with van der Waals surface area (Å²) in [5, 5.41) is 4.79. The van der Waals surface area contributed by atoms with Gasteiger partial charge in [0.1, 0.15) is 11.6 Å². The lowest BCUT2D eigenvalue weighted by Gasteiger charge is -2.33. The van der Waals surface area contributed by atoms with Crippen LogP contribution < -0.4 is 5.63 Å². The number of fused-ring (bicyclic) bond motifs is 1. The number of carbonyl (C=O) groups excluding carboxylic acids is 1. The minimum absolute atomic E-state index is 0.0659. The number of methoxy groups -OCH3 is 1. The number of amides is 1. The Hall–Kier alpha value is -3.00. The van der Waals surface area contributed by atoms with Crippen LogP contribution in [0.25, 0.3) is 11.0 Å². The van der Waals surface area contributed by atoms with Crippen molar-refractivity contribution in [3.8, 4) is 0 Å². The van der Waals surface area contributed by atoms with Crippen LogP contribution in [0.5, 0.6) is 0 Å². The largest absolute Gasteiger partial charge is 0.423 e. The van der Waals surface area contributed by atoms with Gasteiger partial charge in [0, 0.05) is 31.5 Å². The Morgan fingerprint density at radius 1 is 1.30 bits per heavy atom. The van der Waals surface area contributed by atoms with Crippen LogP contribution in [-0.4, -0.2) is 41.2 Å². The highest BCUT2D eigenvalue weighted by Gasteiger charge is 2.32. The SMILES string of the molecule is COCCc1noc(C2CCCCN2C(=O)Cc2cc(=O)oc3cc(C)ccc23)n1. The van der Waals surface area contributed by atoms with Gasteiger partial charge in [-0.3, -0.25) is 4.79 Å². The van der Waals surface area contributed by atoms with E-state index < -0.39 is 5.63 Å². The number of piperidine rings is 1. The highest BCUT2D eigenvalue weighted by Crippen LogP contribution is 2.31. The van der Waals surface area contributed by atoms with Crippen LogP contribution in [0.2, 0.25) is 0 Å². The maximum absolute atomic E-state index is 13.2. The van der Waals surface area contributed by atoms with E-state index in [4.69, 9.17) is 13.7 Å². The Bertz CT molecular complexity index is 1100. The van der Waals surface area contributed by atoms with Crippen LogP contribution in [-0.2, 0) is 22.4 Å². The first kappa shape index (κ1) is 20.3. The van der Waals surface area contributed by atoms with E-state index in [0.29, 0.717) is 42.4 Å². The van der Waals surface area contributed by atoms with Crippen molar-refractivity contribution in [3.05, 3.63) is 57.5 Å². The molecule has 8 heteroatoms. The maximum atomic E-state index is 13.2. The fourth-order valence-electron chi connectivity index (χ4n) is 3.93. The molecular weight excluding hydrogens is 386 g/mol. The monoisotopic (exact) mass is 411 g/mol. The van der Waals surface area contributed by atoms with Gasteiger partial charge in [-0.05, 0) is 43.4 Å². The fraction of sp³-hybridized carbons (Fsp3) is 0.455. The minimum Gasteiger partial charge on any atom is -0.423 e. The van der Waals surface area contributed by atoms with E-state index in [9.17, 15) is 9.59 Å². The highest BCUT2D eigenvalue weighted by molar-refractivity contribution is 5.87. The Morgan fingerprint density at radius 2 is 2.17 bits per heavy atom. The maximum Gasteiger partial charge on any atom is 0.336 e. The summed E-state index contributed by atoms with van der Waals surface area (Å²) in [4.78, 5) is 31.5. The zero-order valence-corrected chi connectivity index (χ0v) is 17.2.